The summed E-state index contributed by atoms with van der Waals surface area (Å²) >= 11 is 0. The molecule has 2 aliphatic rings. The normalized spacial score (nSPS) is 23.0. The van der Waals surface area contributed by atoms with Gasteiger partial charge in [-0.25, -0.2) is 9.59 Å². The highest BCUT2D eigenvalue weighted by atomic mass is 16.6. The molecule has 348 valence electrons. The van der Waals surface area contributed by atoms with Crippen molar-refractivity contribution in [3.63, 3.8) is 0 Å². The summed E-state index contributed by atoms with van der Waals surface area (Å²) in [5.74, 6) is -0.534. The van der Waals surface area contributed by atoms with Crippen LogP contribution in [0.3, 0.4) is 0 Å². The maximum Gasteiger partial charge on any atom is 0.411 e. The smallest absolute Gasteiger partial charge is 0.411 e. The minimum Gasteiger partial charge on any atom is -0.453 e. The Kier molecular flexibility index (Phi) is 16.3. The van der Waals surface area contributed by atoms with Crippen LogP contribution in [0.5, 0.6) is 0 Å². The monoisotopic (exact) mass is 903 g/mol. The molecule has 6 aromatic carbocycles. The average Bonchev–Trinajstić information content (AvgIpc) is 3.35. The third kappa shape index (κ3) is 12.9. The number of morpholine rings is 1. The summed E-state index contributed by atoms with van der Waals surface area (Å²) < 4.78 is 47.0. The van der Waals surface area contributed by atoms with Crippen LogP contribution in [0.25, 0.3) is 0 Å². The number of carbonyl (C=O) groups excluding carboxylic acids is 2. The summed E-state index contributed by atoms with van der Waals surface area (Å²) in [5.41, 5.74) is 4.71. The van der Waals surface area contributed by atoms with Crippen molar-refractivity contribution in [3.05, 3.63) is 215 Å². The summed E-state index contributed by atoms with van der Waals surface area (Å²) in [6, 6.07) is 57.5. The molecule has 0 radical (unpaired) electrons. The first kappa shape index (κ1) is 47.4. The minimum atomic E-state index is -1.04. The van der Waals surface area contributed by atoms with Gasteiger partial charge >= 0.3 is 12.1 Å². The third-order valence-electron chi connectivity index (χ3n) is 12.0. The van der Waals surface area contributed by atoms with Gasteiger partial charge < -0.3 is 33.2 Å². The van der Waals surface area contributed by atoms with E-state index in [4.69, 9.17) is 33.2 Å². The first-order chi connectivity index (χ1) is 32.7. The highest BCUT2D eigenvalue weighted by molar-refractivity contribution is 5.83. The van der Waals surface area contributed by atoms with E-state index in [-0.39, 0.29) is 32.7 Å². The van der Waals surface area contributed by atoms with E-state index in [0.29, 0.717) is 13.2 Å². The topological polar surface area (TPSA) is 102 Å². The van der Waals surface area contributed by atoms with E-state index in [1.807, 2.05) is 203 Å². The maximum absolute atomic E-state index is 14.7. The van der Waals surface area contributed by atoms with Gasteiger partial charge in [-0.05, 0) is 67.0 Å². The second-order valence-electron chi connectivity index (χ2n) is 18.1. The predicted octanol–water partition coefficient (Wildman–Crippen LogP) is 11.2. The number of benzene rings is 6. The van der Waals surface area contributed by atoms with Crippen molar-refractivity contribution in [2.75, 3.05) is 6.61 Å². The van der Waals surface area contributed by atoms with E-state index in [1.165, 1.54) is 0 Å². The Morgan fingerprint density at radius 1 is 0.522 bits per heavy atom. The van der Waals surface area contributed by atoms with Gasteiger partial charge in [-0.3, -0.25) is 4.90 Å². The van der Waals surface area contributed by atoms with Gasteiger partial charge in [0.1, 0.15) is 42.1 Å². The molecule has 2 saturated heterocycles. The predicted molar refractivity (Wildman–Crippen MR) is 255 cm³/mol. The highest BCUT2D eigenvalue weighted by Crippen LogP contribution is 2.44. The lowest BCUT2D eigenvalue weighted by Gasteiger charge is -2.48. The molecule has 6 aromatic rings. The van der Waals surface area contributed by atoms with E-state index < -0.39 is 66.4 Å². The summed E-state index contributed by atoms with van der Waals surface area (Å²) in [6.45, 7) is 6.87. The zero-order chi connectivity index (χ0) is 46.4. The quantitative estimate of drug-likeness (QED) is 0.0780. The van der Waals surface area contributed by atoms with Gasteiger partial charge in [0.15, 0.2) is 6.10 Å². The van der Waals surface area contributed by atoms with Gasteiger partial charge in [-0.2, -0.15) is 0 Å². The number of hydrogen-bond donors (Lipinski definition) is 0. The SMILES string of the molecule is CC(C)(C)OC(=O)N1[C@@H](CC[C@@H]2O[C@H](COCc3ccccc3)[C@@H](OCc3ccccc3)[C@H](OCc3ccccc3)[C@H]2OCc2ccccc2)C(=O)O[C@H](c2ccccc2)[C@@H]1c1ccccc1. The molecule has 8 rings (SSSR count). The van der Waals surface area contributed by atoms with Crippen LogP contribution in [0.4, 0.5) is 4.79 Å². The van der Waals surface area contributed by atoms with Crippen molar-refractivity contribution in [1.29, 1.82) is 0 Å². The second-order valence-corrected chi connectivity index (χ2v) is 18.1. The Morgan fingerprint density at radius 2 is 0.940 bits per heavy atom. The molecule has 0 spiro atoms. The van der Waals surface area contributed by atoms with Gasteiger partial charge in [0.05, 0.1) is 39.1 Å². The van der Waals surface area contributed by atoms with E-state index in [0.717, 1.165) is 33.4 Å². The van der Waals surface area contributed by atoms with Crippen LogP contribution in [0.15, 0.2) is 182 Å². The van der Waals surface area contributed by atoms with Crippen molar-refractivity contribution in [2.24, 2.45) is 0 Å². The van der Waals surface area contributed by atoms with Crippen LogP contribution in [0, 0.1) is 0 Å². The highest BCUT2D eigenvalue weighted by Gasteiger charge is 2.52. The molecule has 0 bridgehead atoms. The number of ether oxygens (including phenoxy) is 7. The van der Waals surface area contributed by atoms with Crippen LogP contribution in [0.2, 0.25) is 0 Å². The van der Waals surface area contributed by atoms with Crippen LogP contribution in [-0.4, -0.2) is 65.7 Å². The third-order valence-corrected chi connectivity index (χ3v) is 12.0. The van der Waals surface area contributed by atoms with Crippen LogP contribution in [0.1, 0.15) is 79.1 Å². The van der Waals surface area contributed by atoms with E-state index in [2.05, 4.69) is 0 Å². The van der Waals surface area contributed by atoms with Gasteiger partial charge in [0, 0.05) is 0 Å². The molecule has 0 aromatic heterocycles. The molecule has 0 saturated carbocycles. The van der Waals surface area contributed by atoms with Crippen LogP contribution >= 0.6 is 0 Å². The zero-order valence-electron chi connectivity index (χ0n) is 38.5. The molecule has 0 N–H and O–H groups in total. The maximum atomic E-state index is 14.7. The first-order valence-electron chi connectivity index (χ1n) is 23.3. The van der Waals surface area contributed by atoms with Gasteiger partial charge in [-0.15, -0.1) is 0 Å². The number of nitrogens with zero attached hydrogens (tertiary/aromatic N) is 1. The van der Waals surface area contributed by atoms with E-state index in [1.54, 1.807) is 4.90 Å². The van der Waals surface area contributed by atoms with Crippen molar-refractivity contribution in [3.8, 4) is 0 Å². The van der Waals surface area contributed by atoms with Crippen molar-refractivity contribution >= 4 is 12.1 Å². The Hall–Kier alpha value is -6.14. The Labute approximate surface area is 394 Å². The lowest BCUT2D eigenvalue weighted by molar-refractivity contribution is -0.274. The molecular formula is C57H61NO9. The molecule has 2 fully saturated rings. The Balaban J connectivity index is 1.16. The summed E-state index contributed by atoms with van der Waals surface area (Å²) in [4.78, 5) is 30.9. The summed E-state index contributed by atoms with van der Waals surface area (Å²) in [6.07, 6.45) is -4.21. The van der Waals surface area contributed by atoms with Crippen LogP contribution < -0.4 is 0 Å². The number of amides is 1. The molecule has 10 heteroatoms. The molecule has 67 heavy (non-hydrogen) atoms. The number of cyclic esters (lactones) is 1. The number of hydrogen-bond acceptors (Lipinski definition) is 9. The van der Waals surface area contributed by atoms with E-state index in [9.17, 15) is 9.59 Å². The zero-order valence-corrected chi connectivity index (χ0v) is 38.5. The standard InChI is InChI=1S/C57H61NO9/c1-57(2,3)67-56(60)58-47(55(59)66-51(46-32-20-9-21-33-46)50(58)45-30-18-8-19-31-45)34-35-48-52(62-37-42-24-12-5-13-25-42)54(64-39-44-28-16-7-17-29-44)53(63-38-43-26-14-6-15-27-43)49(65-48)40-61-36-41-22-10-4-11-23-41/h4-33,47-54H,34-40H2,1-3H3/t47-,48-,49+,50-,51+,52-,53+,54+/m0/s1. The molecule has 0 aliphatic carbocycles. The molecule has 10 nitrogen and oxygen atoms in total. The molecule has 2 aliphatic heterocycles. The number of esters is 1. The molecule has 0 unspecified atom stereocenters. The fraction of sp³-hybridized carbons (Fsp3) is 0.333. The van der Waals surface area contributed by atoms with E-state index >= 15 is 0 Å². The molecular weight excluding hydrogens is 843 g/mol. The van der Waals surface area contributed by atoms with Gasteiger partial charge in [-0.1, -0.05) is 182 Å². The summed E-state index contributed by atoms with van der Waals surface area (Å²) in [5, 5.41) is 0. The lowest BCUT2D eigenvalue weighted by Crippen LogP contribution is -2.61. The average molecular weight is 904 g/mol. The Bertz CT molecular complexity index is 2400. The van der Waals surface area contributed by atoms with Crippen molar-refractivity contribution in [2.45, 2.75) is 114 Å². The number of rotatable bonds is 18. The van der Waals surface area contributed by atoms with Gasteiger partial charge in [0.25, 0.3) is 0 Å². The summed E-state index contributed by atoms with van der Waals surface area (Å²) in [7, 11) is 0. The second kappa shape index (κ2) is 23.0. The lowest BCUT2D eigenvalue weighted by atomic mass is 9.88. The van der Waals surface area contributed by atoms with Crippen molar-refractivity contribution < 1.29 is 42.7 Å². The number of carbonyl (C=O) groups is 2. The largest absolute Gasteiger partial charge is 0.453 e. The molecule has 1 amide bonds. The van der Waals surface area contributed by atoms with Crippen LogP contribution in [-0.2, 0) is 64.4 Å². The minimum absolute atomic E-state index is 0.164. The van der Waals surface area contributed by atoms with Gasteiger partial charge in [0.2, 0.25) is 0 Å². The fourth-order valence-electron chi connectivity index (χ4n) is 8.85. The first-order valence-corrected chi connectivity index (χ1v) is 23.3. The molecule has 2 heterocycles. The van der Waals surface area contributed by atoms with Crippen molar-refractivity contribution in [1.82, 2.24) is 4.90 Å². The Morgan fingerprint density at radius 3 is 1.42 bits per heavy atom. The fourth-order valence-corrected chi connectivity index (χ4v) is 8.85. The molecule has 8 atom stereocenters.